The summed E-state index contributed by atoms with van der Waals surface area (Å²) in [5, 5.41) is 0. The van der Waals surface area contributed by atoms with Crippen LogP contribution < -0.4 is 11.5 Å². The maximum absolute atomic E-state index is 11.6. The summed E-state index contributed by atoms with van der Waals surface area (Å²) in [6.45, 7) is 5.23. The minimum atomic E-state index is -0.853. The van der Waals surface area contributed by atoms with E-state index in [9.17, 15) is 4.79 Å². The number of nitrogens with two attached hydrogens (primary N) is 2. The van der Waals surface area contributed by atoms with Gasteiger partial charge in [-0.05, 0) is 38.1 Å². The van der Waals surface area contributed by atoms with E-state index >= 15 is 0 Å². The molecule has 104 valence electrons. The van der Waals surface area contributed by atoms with E-state index in [1.165, 1.54) is 0 Å². The topological polar surface area (TPSA) is 81.6 Å². The minimum absolute atomic E-state index is 0.272. The lowest BCUT2D eigenvalue weighted by molar-refractivity contribution is -0.124. The van der Waals surface area contributed by atoms with Gasteiger partial charge in [0.1, 0.15) is 5.54 Å². The van der Waals surface area contributed by atoms with E-state index in [2.05, 4.69) is 11.8 Å². The first-order chi connectivity index (χ1) is 8.56. The molecule has 4 N–H and O–H groups in total. The summed E-state index contributed by atoms with van der Waals surface area (Å²) in [6.07, 6.45) is 4.58. The van der Waals surface area contributed by atoms with Crippen LogP contribution in [0.15, 0.2) is 0 Å². The molecule has 0 spiro atoms. The molecule has 2 rings (SSSR count). The summed E-state index contributed by atoms with van der Waals surface area (Å²) < 4.78 is 5.64. The molecule has 18 heavy (non-hydrogen) atoms. The van der Waals surface area contributed by atoms with E-state index in [0.29, 0.717) is 12.6 Å². The molecule has 2 aliphatic rings. The highest BCUT2D eigenvalue weighted by molar-refractivity contribution is 5.85. The molecule has 5 nitrogen and oxygen atoms in total. The Morgan fingerprint density at radius 2 is 2.17 bits per heavy atom. The fraction of sp³-hybridized carbons (Fsp3) is 0.923. The summed E-state index contributed by atoms with van der Waals surface area (Å²) in [7, 11) is 0. The fourth-order valence-electron chi connectivity index (χ4n) is 2.76. The molecule has 1 saturated carbocycles. The van der Waals surface area contributed by atoms with Gasteiger partial charge in [-0.15, -0.1) is 0 Å². The van der Waals surface area contributed by atoms with E-state index in [-0.39, 0.29) is 11.8 Å². The maximum Gasteiger partial charge on any atom is 0.239 e. The fourth-order valence-corrected chi connectivity index (χ4v) is 2.76. The summed E-state index contributed by atoms with van der Waals surface area (Å²) in [4.78, 5) is 13.8. The van der Waals surface area contributed by atoms with Crippen molar-refractivity contribution in [2.45, 2.75) is 44.2 Å². The van der Waals surface area contributed by atoms with E-state index in [4.69, 9.17) is 16.2 Å². The molecule has 0 bridgehead atoms. The van der Waals surface area contributed by atoms with Gasteiger partial charge in [-0.25, -0.2) is 0 Å². The van der Waals surface area contributed by atoms with Crippen molar-refractivity contribution >= 4 is 5.91 Å². The molecule has 0 aromatic heterocycles. The lowest BCUT2D eigenvalue weighted by Crippen LogP contribution is -2.61. The quantitative estimate of drug-likeness (QED) is 0.675. The van der Waals surface area contributed by atoms with Gasteiger partial charge in [0.25, 0.3) is 0 Å². The van der Waals surface area contributed by atoms with Gasteiger partial charge >= 0.3 is 0 Å². The first-order valence-corrected chi connectivity index (χ1v) is 6.99. The molecule has 1 amide bonds. The molecule has 0 radical (unpaired) electrons. The Bertz CT molecular complexity index is 301. The number of ether oxygens (including phenoxy) is 1. The summed E-state index contributed by atoms with van der Waals surface area (Å²) >= 11 is 0. The number of nitrogens with zero attached hydrogens (tertiary/aromatic N) is 1. The Kier molecular flexibility index (Phi) is 4.25. The van der Waals surface area contributed by atoms with E-state index in [1.54, 1.807) is 0 Å². The van der Waals surface area contributed by atoms with Crippen molar-refractivity contribution in [1.82, 2.24) is 4.90 Å². The van der Waals surface area contributed by atoms with Crippen molar-refractivity contribution in [2.75, 3.05) is 26.2 Å². The predicted molar refractivity (Wildman–Crippen MR) is 69.9 cm³/mol. The van der Waals surface area contributed by atoms with Gasteiger partial charge in [0.15, 0.2) is 0 Å². The summed E-state index contributed by atoms with van der Waals surface area (Å²) in [5.74, 6) is -0.0932. The summed E-state index contributed by atoms with van der Waals surface area (Å²) in [6, 6.07) is 0. The Balaban J connectivity index is 1.92. The first-order valence-electron chi connectivity index (χ1n) is 6.99. The molecular weight excluding hydrogens is 230 g/mol. The zero-order valence-corrected chi connectivity index (χ0v) is 11.2. The lowest BCUT2D eigenvalue weighted by atomic mass is 9.92. The van der Waals surface area contributed by atoms with Gasteiger partial charge in [-0.2, -0.15) is 0 Å². The number of hydrogen-bond donors (Lipinski definition) is 2. The van der Waals surface area contributed by atoms with Crippen LogP contribution in [0, 0.1) is 5.92 Å². The second-order valence-corrected chi connectivity index (χ2v) is 5.64. The molecule has 2 atom stereocenters. The third-order valence-corrected chi connectivity index (χ3v) is 4.18. The molecular formula is C13H25N3O2. The van der Waals surface area contributed by atoms with Crippen molar-refractivity contribution in [3.05, 3.63) is 0 Å². The standard InChI is InChI=1S/C13H25N3O2/c1-2-16(8-11-4-3-7-18-11)9-13(15,12(14)17)10-5-6-10/h10-11H,2-9,15H2,1H3,(H2,14,17). The number of carbonyl (C=O) groups is 1. The zero-order valence-electron chi connectivity index (χ0n) is 11.2. The highest BCUT2D eigenvalue weighted by Crippen LogP contribution is 2.38. The van der Waals surface area contributed by atoms with Gasteiger partial charge in [0.2, 0.25) is 5.91 Å². The van der Waals surface area contributed by atoms with Crippen molar-refractivity contribution in [1.29, 1.82) is 0 Å². The van der Waals surface area contributed by atoms with Crippen LogP contribution in [0.1, 0.15) is 32.6 Å². The van der Waals surface area contributed by atoms with Crippen molar-refractivity contribution in [3.8, 4) is 0 Å². The number of carbonyl (C=O) groups excluding carboxylic acids is 1. The van der Waals surface area contributed by atoms with Crippen LogP contribution in [0.4, 0.5) is 0 Å². The molecule has 1 heterocycles. The van der Waals surface area contributed by atoms with Gasteiger partial charge in [0, 0.05) is 19.7 Å². The predicted octanol–water partition coefficient (Wildman–Crippen LogP) is 0.0801. The molecule has 1 saturated heterocycles. The second kappa shape index (κ2) is 5.55. The van der Waals surface area contributed by atoms with Gasteiger partial charge < -0.3 is 16.2 Å². The maximum atomic E-state index is 11.6. The monoisotopic (exact) mass is 255 g/mol. The van der Waals surface area contributed by atoms with Crippen LogP contribution in [0.3, 0.4) is 0 Å². The summed E-state index contributed by atoms with van der Waals surface area (Å²) in [5.41, 5.74) is 10.9. The normalized spacial score (nSPS) is 27.4. The highest BCUT2D eigenvalue weighted by Gasteiger charge is 2.47. The van der Waals surface area contributed by atoms with Gasteiger partial charge in [0.05, 0.1) is 6.10 Å². The van der Waals surface area contributed by atoms with Crippen molar-refractivity contribution in [2.24, 2.45) is 17.4 Å². The SMILES string of the molecule is CCN(CC1CCCO1)CC(N)(C(N)=O)C1CC1. The Labute approximate surface area is 109 Å². The molecule has 0 aromatic rings. The molecule has 0 aromatic carbocycles. The van der Waals surface area contributed by atoms with Crippen molar-refractivity contribution < 1.29 is 9.53 Å². The van der Waals surface area contributed by atoms with Crippen LogP contribution in [0.25, 0.3) is 0 Å². The average molecular weight is 255 g/mol. The van der Waals surface area contributed by atoms with E-state index in [1.807, 2.05) is 0 Å². The largest absolute Gasteiger partial charge is 0.377 e. The number of hydrogen-bond acceptors (Lipinski definition) is 4. The third kappa shape index (κ3) is 3.02. The Morgan fingerprint density at radius 1 is 1.44 bits per heavy atom. The van der Waals surface area contributed by atoms with Gasteiger partial charge in [-0.1, -0.05) is 6.92 Å². The molecule has 1 aliphatic heterocycles. The first kappa shape index (κ1) is 13.8. The molecule has 2 unspecified atom stereocenters. The molecule has 2 fully saturated rings. The molecule has 5 heteroatoms. The van der Waals surface area contributed by atoms with Crippen LogP contribution in [-0.4, -0.2) is 48.7 Å². The average Bonchev–Trinajstić information content (AvgIpc) is 3.08. The zero-order chi connectivity index (χ0) is 13.2. The van der Waals surface area contributed by atoms with Crippen LogP contribution in [0.2, 0.25) is 0 Å². The number of primary amides is 1. The Morgan fingerprint density at radius 3 is 2.61 bits per heavy atom. The number of rotatable bonds is 7. The lowest BCUT2D eigenvalue weighted by Gasteiger charge is -2.33. The van der Waals surface area contributed by atoms with Crippen LogP contribution >= 0.6 is 0 Å². The highest BCUT2D eigenvalue weighted by atomic mass is 16.5. The van der Waals surface area contributed by atoms with Crippen LogP contribution in [-0.2, 0) is 9.53 Å². The second-order valence-electron chi connectivity index (χ2n) is 5.64. The van der Waals surface area contributed by atoms with Gasteiger partial charge in [-0.3, -0.25) is 9.69 Å². The third-order valence-electron chi connectivity index (χ3n) is 4.18. The number of amides is 1. The smallest absolute Gasteiger partial charge is 0.239 e. The minimum Gasteiger partial charge on any atom is -0.377 e. The van der Waals surface area contributed by atoms with Crippen LogP contribution in [0.5, 0.6) is 0 Å². The molecule has 1 aliphatic carbocycles. The van der Waals surface area contributed by atoms with E-state index in [0.717, 1.165) is 45.4 Å². The number of likely N-dealkylation sites (N-methyl/N-ethyl adjacent to an activating group) is 1. The van der Waals surface area contributed by atoms with E-state index < -0.39 is 5.54 Å². The Hall–Kier alpha value is -0.650. The van der Waals surface area contributed by atoms with Crippen molar-refractivity contribution in [3.63, 3.8) is 0 Å².